The van der Waals surface area contributed by atoms with Gasteiger partial charge in [-0.2, -0.15) is 0 Å². The van der Waals surface area contributed by atoms with E-state index < -0.39 is 6.04 Å². The minimum Gasteiger partial charge on any atom is -0.335 e. The number of hydrogen-bond acceptors (Lipinski definition) is 3. The third-order valence-electron chi connectivity index (χ3n) is 5.02. The van der Waals surface area contributed by atoms with Crippen LogP contribution in [0.3, 0.4) is 0 Å². The van der Waals surface area contributed by atoms with Gasteiger partial charge in [0.2, 0.25) is 5.91 Å². The number of imide groups is 1. The zero-order valence-electron chi connectivity index (χ0n) is 13.8. The topological polar surface area (TPSA) is 57.7 Å². The number of piperidine rings is 1. The van der Waals surface area contributed by atoms with Crippen molar-refractivity contribution in [2.75, 3.05) is 0 Å². The number of nitrogens with zero attached hydrogens (tertiary/aromatic N) is 2. The molecule has 0 spiro atoms. The first-order chi connectivity index (χ1) is 10.9. The Labute approximate surface area is 136 Å². The van der Waals surface area contributed by atoms with Gasteiger partial charge >= 0.3 is 0 Å². The standard InChI is InChI=1S/C18H22N2O3/c1-11-7-6-8-12(2)19(11)16(21)13(3)20-17(22)14-9-4-5-10-15(14)18(20)23/h4-5,9-13H,6-8H2,1-3H3. The number of carbonyl (C=O) groups is 3. The maximum atomic E-state index is 12.9. The number of benzene rings is 1. The van der Waals surface area contributed by atoms with E-state index in [1.54, 1.807) is 31.2 Å². The molecular formula is C18H22N2O3. The Morgan fingerprint density at radius 2 is 1.52 bits per heavy atom. The van der Waals surface area contributed by atoms with Crippen molar-refractivity contribution in [1.29, 1.82) is 0 Å². The highest BCUT2D eigenvalue weighted by atomic mass is 16.2. The molecule has 3 unspecified atom stereocenters. The molecule has 3 amide bonds. The lowest BCUT2D eigenvalue weighted by Gasteiger charge is -2.41. The van der Waals surface area contributed by atoms with E-state index in [1.165, 1.54) is 0 Å². The molecule has 5 nitrogen and oxygen atoms in total. The number of hydrogen-bond donors (Lipinski definition) is 0. The minimum absolute atomic E-state index is 0.140. The van der Waals surface area contributed by atoms with Crippen molar-refractivity contribution in [2.45, 2.75) is 58.2 Å². The largest absolute Gasteiger partial charge is 0.335 e. The zero-order valence-corrected chi connectivity index (χ0v) is 13.8. The molecule has 0 N–H and O–H groups in total. The molecule has 122 valence electrons. The van der Waals surface area contributed by atoms with E-state index in [9.17, 15) is 14.4 Å². The lowest BCUT2D eigenvalue weighted by Crippen LogP contribution is -2.55. The highest BCUT2D eigenvalue weighted by Gasteiger charge is 2.43. The monoisotopic (exact) mass is 314 g/mol. The highest BCUT2D eigenvalue weighted by molar-refractivity contribution is 6.22. The van der Waals surface area contributed by atoms with E-state index in [-0.39, 0.29) is 29.8 Å². The fourth-order valence-electron chi connectivity index (χ4n) is 3.74. The smallest absolute Gasteiger partial charge is 0.262 e. The second-order valence-corrected chi connectivity index (χ2v) is 6.58. The van der Waals surface area contributed by atoms with Gasteiger partial charge in [-0.15, -0.1) is 0 Å². The molecule has 1 fully saturated rings. The van der Waals surface area contributed by atoms with Crippen molar-refractivity contribution in [3.05, 3.63) is 35.4 Å². The van der Waals surface area contributed by atoms with Crippen molar-refractivity contribution in [3.63, 3.8) is 0 Å². The minimum atomic E-state index is -0.773. The second-order valence-electron chi connectivity index (χ2n) is 6.58. The van der Waals surface area contributed by atoms with Gasteiger partial charge in [-0.1, -0.05) is 12.1 Å². The normalized spacial score (nSPS) is 25.5. The number of likely N-dealkylation sites (tertiary alicyclic amines) is 1. The van der Waals surface area contributed by atoms with Crippen LogP contribution in [0.2, 0.25) is 0 Å². The predicted molar refractivity (Wildman–Crippen MR) is 86.0 cm³/mol. The molecule has 0 radical (unpaired) electrons. The molecule has 3 atom stereocenters. The molecule has 0 bridgehead atoms. The number of carbonyl (C=O) groups excluding carboxylic acids is 3. The summed E-state index contributed by atoms with van der Waals surface area (Å²) in [5, 5.41) is 0. The van der Waals surface area contributed by atoms with Gasteiger partial charge in [0.05, 0.1) is 11.1 Å². The summed E-state index contributed by atoms with van der Waals surface area (Å²) in [6.45, 7) is 5.71. The van der Waals surface area contributed by atoms with E-state index in [0.29, 0.717) is 11.1 Å². The lowest BCUT2D eigenvalue weighted by molar-refractivity contribution is -0.141. The van der Waals surface area contributed by atoms with Crippen LogP contribution in [0.1, 0.15) is 60.7 Å². The van der Waals surface area contributed by atoms with Gasteiger partial charge in [0.15, 0.2) is 0 Å². The van der Waals surface area contributed by atoms with Crippen LogP contribution >= 0.6 is 0 Å². The van der Waals surface area contributed by atoms with Gasteiger partial charge < -0.3 is 4.90 Å². The van der Waals surface area contributed by atoms with Crippen LogP contribution in [-0.4, -0.2) is 45.6 Å². The summed E-state index contributed by atoms with van der Waals surface area (Å²) in [5.74, 6) is -0.883. The highest BCUT2D eigenvalue weighted by Crippen LogP contribution is 2.28. The zero-order chi connectivity index (χ0) is 16.7. The van der Waals surface area contributed by atoms with Crippen LogP contribution in [-0.2, 0) is 4.79 Å². The molecule has 0 aromatic heterocycles. The molecular weight excluding hydrogens is 292 g/mol. The Hall–Kier alpha value is -2.17. The van der Waals surface area contributed by atoms with E-state index in [0.717, 1.165) is 24.2 Å². The van der Waals surface area contributed by atoms with Crippen molar-refractivity contribution in [1.82, 2.24) is 9.80 Å². The van der Waals surface area contributed by atoms with Crippen molar-refractivity contribution >= 4 is 17.7 Å². The van der Waals surface area contributed by atoms with E-state index in [1.807, 2.05) is 18.7 Å². The van der Waals surface area contributed by atoms with Gasteiger partial charge in [0.1, 0.15) is 6.04 Å². The van der Waals surface area contributed by atoms with Crippen LogP contribution in [0.4, 0.5) is 0 Å². The summed E-state index contributed by atoms with van der Waals surface area (Å²) in [4.78, 5) is 41.0. The summed E-state index contributed by atoms with van der Waals surface area (Å²) in [6.07, 6.45) is 3.03. The third kappa shape index (κ3) is 2.44. The van der Waals surface area contributed by atoms with Gasteiger partial charge in [0, 0.05) is 12.1 Å². The average Bonchev–Trinajstić information content (AvgIpc) is 2.78. The fourth-order valence-corrected chi connectivity index (χ4v) is 3.74. The molecule has 5 heteroatoms. The lowest BCUT2D eigenvalue weighted by atomic mass is 9.96. The first-order valence-corrected chi connectivity index (χ1v) is 8.22. The van der Waals surface area contributed by atoms with Crippen LogP contribution in [0.5, 0.6) is 0 Å². The van der Waals surface area contributed by atoms with Crippen LogP contribution < -0.4 is 0 Å². The maximum absolute atomic E-state index is 12.9. The van der Waals surface area contributed by atoms with Gasteiger partial charge in [-0.05, 0) is 52.2 Å². The predicted octanol–water partition coefficient (Wildman–Crippen LogP) is 2.46. The Kier molecular flexibility index (Phi) is 3.96. The molecule has 3 rings (SSSR count). The van der Waals surface area contributed by atoms with Crippen molar-refractivity contribution < 1.29 is 14.4 Å². The first-order valence-electron chi connectivity index (χ1n) is 8.22. The van der Waals surface area contributed by atoms with Crippen LogP contribution in [0.25, 0.3) is 0 Å². The molecule has 2 heterocycles. The SMILES string of the molecule is CC(C(=O)N1C(C)CCCC1C)N1C(=O)c2ccccc2C1=O. The Morgan fingerprint density at radius 3 is 2.00 bits per heavy atom. The Balaban J connectivity index is 1.86. The van der Waals surface area contributed by atoms with Crippen LogP contribution in [0, 0.1) is 0 Å². The summed E-state index contributed by atoms with van der Waals surface area (Å²) in [7, 11) is 0. The molecule has 1 aromatic carbocycles. The van der Waals surface area contributed by atoms with Crippen molar-refractivity contribution in [3.8, 4) is 0 Å². The molecule has 2 aliphatic rings. The van der Waals surface area contributed by atoms with Crippen molar-refractivity contribution in [2.24, 2.45) is 0 Å². The van der Waals surface area contributed by atoms with Crippen LogP contribution in [0.15, 0.2) is 24.3 Å². The summed E-state index contributed by atoms with van der Waals surface area (Å²) in [5.41, 5.74) is 0.772. The third-order valence-corrected chi connectivity index (χ3v) is 5.02. The Bertz CT molecular complexity index is 625. The average molecular weight is 314 g/mol. The molecule has 1 saturated heterocycles. The van der Waals surface area contributed by atoms with Gasteiger partial charge in [0.25, 0.3) is 11.8 Å². The number of amides is 3. The molecule has 2 aliphatic heterocycles. The number of rotatable bonds is 2. The summed E-state index contributed by atoms with van der Waals surface area (Å²) in [6, 6.07) is 6.25. The fraction of sp³-hybridized carbons (Fsp3) is 0.500. The first kappa shape index (κ1) is 15.7. The molecule has 1 aromatic rings. The summed E-state index contributed by atoms with van der Waals surface area (Å²) < 4.78 is 0. The van der Waals surface area contributed by atoms with E-state index in [2.05, 4.69) is 0 Å². The van der Waals surface area contributed by atoms with Gasteiger partial charge in [-0.3, -0.25) is 19.3 Å². The second kappa shape index (κ2) is 5.80. The number of fused-ring (bicyclic) bond motifs is 1. The summed E-state index contributed by atoms with van der Waals surface area (Å²) >= 11 is 0. The molecule has 23 heavy (non-hydrogen) atoms. The Morgan fingerprint density at radius 1 is 1.04 bits per heavy atom. The maximum Gasteiger partial charge on any atom is 0.262 e. The molecule has 0 saturated carbocycles. The van der Waals surface area contributed by atoms with E-state index >= 15 is 0 Å². The van der Waals surface area contributed by atoms with E-state index in [4.69, 9.17) is 0 Å². The molecule has 0 aliphatic carbocycles. The quantitative estimate of drug-likeness (QED) is 0.788. The van der Waals surface area contributed by atoms with Gasteiger partial charge in [-0.25, -0.2) is 0 Å².